The van der Waals surface area contributed by atoms with Gasteiger partial charge in [0.05, 0.1) is 5.54 Å². The van der Waals surface area contributed by atoms with E-state index in [1.54, 1.807) is 30.1 Å². The highest BCUT2D eigenvalue weighted by Gasteiger charge is 2.39. The maximum Gasteiger partial charge on any atom is 0.242 e. The van der Waals surface area contributed by atoms with E-state index >= 15 is 0 Å². The minimum Gasteiger partial charge on any atom is -0.340 e. The zero-order chi connectivity index (χ0) is 14.8. The van der Waals surface area contributed by atoms with Crippen molar-refractivity contribution < 1.29 is 9.18 Å². The fourth-order valence-electron chi connectivity index (χ4n) is 3.12. The molecule has 2 rings (SSSR count). The molecule has 3 nitrogen and oxygen atoms in total. The van der Waals surface area contributed by atoms with Gasteiger partial charge in [-0.25, -0.2) is 4.39 Å². The highest BCUT2D eigenvalue weighted by atomic mass is 19.1. The van der Waals surface area contributed by atoms with Crippen LogP contribution >= 0.6 is 0 Å². The summed E-state index contributed by atoms with van der Waals surface area (Å²) in [5, 5.41) is 0. The van der Waals surface area contributed by atoms with E-state index in [1.807, 2.05) is 0 Å². The number of nitrogens with two attached hydrogens (primary N) is 1. The third-order valence-corrected chi connectivity index (χ3v) is 4.17. The van der Waals surface area contributed by atoms with Gasteiger partial charge in [-0.1, -0.05) is 38.0 Å². The standard InChI is InChI=1S/C16H23FN2O/c1-12-6-5-9-16(18,10-12)15(20)19(2)11-13-7-3-4-8-14(13)17/h3-4,7-8,12H,5-6,9-11,18H2,1-2H3. The topological polar surface area (TPSA) is 46.3 Å². The summed E-state index contributed by atoms with van der Waals surface area (Å²) in [6.07, 6.45) is 3.55. The Hall–Kier alpha value is -1.42. The summed E-state index contributed by atoms with van der Waals surface area (Å²) >= 11 is 0. The van der Waals surface area contributed by atoms with E-state index < -0.39 is 5.54 Å². The van der Waals surface area contributed by atoms with Gasteiger partial charge in [-0.05, 0) is 24.8 Å². The lowest BCUT2D eigenvalue weighted by Crippen LogP contribution is -2.56. The van der Waals surface area contributed by atoms with Crippen molar-refractivity contribution in [3.05, 3.63) is 35.6 Å². The number of amides is 1. The van der Waals surface area contributed by atoms with Crippen LogP contribution in [0.3, 0.4) is 0 Å². The van der Waals surface area contributed by atoms with Crippen LogP contribution in [0.25, 0.3) is 0 Å². The third-order valence-electron chi connectivity index (χ3n) is 4.17. The minimum absolute atomic E-state index is 0.0766. The summed E-state index contributed by atoms with van der Waals surface area (Å²) in [4.78, 5) is 14.1. The van der Waals surface area contributed by atoms with Gasteiger partial charge in [-0.15, -0.1) is 0 Å². The summed E-state index contributed by atoms with van der Waals surface area (Å²) in [5.74, 6) is 0.113. The van der Waals surface area contributed by atoms with Crippen molar-refractivity contribution in [2.75, 3.05) is 7.05 Å². The van der Waals surface area contributed by atoms with E-state index in [-0.39, 0.29) is 18.3 Å². The highest BCUT2D eigenvalue weighted by molar-refractivity contribution is 5.86. The molecular weight excluding hydrogens is 255 g/mol. The lowest BCUT2D eigenvalue weighted by molar-refractivity contribution is -0.138. The molecule has 1 saturated carbocycles. The number of carbonyl (C=O) groups is 1. The number of halogens is 1. The number of carbonyl (C=O) groups excluding carboxylic acids is 1. The van der Waals surface area contributed by atoms with Crippen molar-refractivity contribution in [3.8, 4) is 0 Å². The molecule has 0 aromatic heterocycles. The summed E-state index contributed by atoms with van der Waals surface area (Å²) in [7, 11) is 1.70. The molecule has 2 N–H and O–H groups in total. The average molecular weight is 278 g/mol. The van der Waals surface area contributed by atoms with Gasteiger partial charge in [0, 0.05) is 19.2 Å². The molecule has 0 radical (unpaired) electrons. The van der Waals surface area contributed by atoms with Gasteiger partial charge in [0.15, 0.2) is 0 Å². The van der Waals surface area contributed by atoms with E-state index in [4.69, 9.17) is 5.73 Å². The van der Waals surface area contributed by atoms with Gasteiger partial charge in [0.2, 0.25) is 5.91 Å². The summed E-state index contributed by atoms with van der Waals surface area (Å²) < 4.78 is 13.6. The first-order valence-corrected chi connectivity index (χ1v) is 7.20. The normalized spacial score (nSPS) is 26.3. The first kappa shape index (κ1) is 15.0. The molecule has 1 aliphatic carbocycles. The van der Waals surface area contributed by atoms with Crippen LogP contribution in [-0.4, -0.2) is 23.4 Å². The van der Waals surface area contributed by atoms with Crippen LogP contribution in [0, 0.1) is 11.7 Å². The van der Waals surface area contributed by atoms with Gasteiger partial charge in [0.1, 0.15) is 5.82 Å². The molecule has 110 valence electrons. The van der Waals surface area contributed by atoms with Crippen LogP contribution in [0.4, 0.5) is 4.39 Å². The Bertz CT molecular complexity index is 491. The van der Waals surface area contributed by atoms with Crippen LogP contribution in [0.15, 0.2) is 24.3 Å². The summed E-state index contributed by atoms with van der Waals surface area (Å²) in [5.41, 5.74) is 6.04. The Labute approximate surface area is 120 Å². The zero-order valence-corrected chi connectivity index (χ0v) is 12.2. The Morgan fingerprint density at radius 2 is 2.20 bits per heavy atom. The first-order chi connectivity index (χ1) is 9.42. The van der Waals surface area contributed by atoms with Crippen molar-refractivity contribution in [1.29, 1.82) is 0 Å². The fraction of sp³-hybridized carbons (Fsp3) is 0.562. The second-order valence-electron chi connectivity index (χ2n) is 6.11. The SMILES string of the molecule is CC1CCCC(N)(C(=O)N(C)Cc2ccccc2F)C1. The summed E-state index contributed by atoms with van der Waals surface area (Å²) in [6.45, 7) is 2.39. The lowest BCUT2D eigenvalue weighted by atomic mass is 9.76. The molecule has 2 atom stereocenters. The van der Waals surface area contributed by atoms with E-state index in [1.165, 1.54) is 6.07 Å². The molecule has 1 amide bonds. The monoisotopic (exact) mass is 278 g/mol. The molecule has 20 heavy (non-hydrogen) atoms. The lowest BCUT2D eigenvalue weighted by Gasteiger charge is -2.38. The van der Waals surface area contributed by atoms with Crippen LogP contribution in [0.2, 0.25) is 0 Å². The summed E-state index contributed by atoms with van der Waals surface area (Å²) in [6, 6.07) is 6.53. The van der Waals surface area contributed by atoms with Crippen molar-refractivity contribution in [2.45, 2.75) is 44.7 Å². The average Bonchev–Trinajstić information content (AvgIpc) is 2.40. The fourth-order valence-corrected chi connectivity index (χ4v) is 3.12. The molecule has 1 fully saturated rings. The molecule has 1 aromatic rings. The number of rotatable bonds is 3. The first-order valence-electron chi connectivity index (χ1n) is 7.20. The number of hydrogen-bond donors (Lipinski definition) is 1. The Kier molecular flexibility index (Phi) is 4.43. The minimum atomic E-state index is -0.780. The molecule has 4 heteroatoms. The van der Waals surface area contributed by atoms with Gasteiger partial charge in [-0.2, -0.15) is 0 Å². The largest absolute Gasteiger partial charge is 0.340 e. The molecule has 2 unspecified atom stereocenters. The van der Waals surface area contributed by atoms with Crippen LogP contribution in [-0.2, 0) is 11.3 Å². The second kappa shape index (κ2) is 5.92. The van der Waals surface area contributed by atoms with E-state index in [2.05, 4.69) is 6.92 Å². The Morgan fingerprint density at radius 1 is 1.50 bits per heavy atom. The van der Waals surface area contributed by atoms with Gasteiger partial charge < -0.3 is 10.6 Å². The number of benzene rings is 1. The molecule has 0 saturated heterocycles. The molecule has 1 aromatic carbocycles. The van der Waals surface area contributed by atoms with Gasteiger partial charge in [-0.3, -0.25) is 4.79 Å². The van der Waals surface area contributed by atoms with Crippen LogP contribution < -0.4 is 5.73 Å². The number of hydrogen-bond acceptors (Lipinski definition) is 2. The molecule has 0 aliphatic heterocycles. The second-order valence-corrected chi connectivity index (χ2v) is 6.11. The quantitative estimate of drug-likeness (QED) is 0.924. The highest BCUT2D eigenvalue weighted by Crippen LogP contribution is 2.31. The van der Waals surface area contributed by atoms with E-state index in [9.17, 15) is 9.18 Å². The number of likely N-dealkylation sites (N-methyl/N-ethyl adjacent to an activating group) is 1. The molecule has 1 aliphatic rings. The van der Waals surface area contributed by atoms with Gasteiger partial charge >= 0.3 is 0 Å². The van der Waals surface area contributed by atoms with Crippen molar-refractivity contribution >= 4 is 5.91 Å². The van der Waals surface area contributed by atoms with E-state index in [0.29, 0.717) is 17.9 Å². The maximum absolute atomic E-state index is 13.6. The predicted molar refractivity (Wildman–Crippen MR) is 77.4 cm³/mol. The Morgan fingerprint density at radius 3 is 2.85 bits per heavy atom. The maximum atomic E-state index is 13.6. The van der Waals surface area contributed by atoms with Crippen LogP contribution in [0.5, 0.6) is 0 Å². The van der Waals surface area contributed by atoms with Crippen LogP contribution in [0.1, 0.15) is 38.2 Å². The molecule has 0 spiro atoms. The molecular formula is C16H23FN2O. The van der Waals surface area contributed by atoms with Crippen molar-refractivity contribution in [2.24, 2.45) is 11.7 Å². The molecule has 0 heterocycles. The zero-order valence-electron chi connectivity index (χ0n) is 12.2. The van der Waals surface area contributed by atoms with E-state index in [0.717, 1.165) is 19.3 Å². The Balaban J connectivity index is 2.07. The third kappa shape index (κ3) is 3.18. The number of nitrogens with zero attached hydrogens (tertiary/aromatic N) is 1. The van der Waals surface area contributed by atoms with Crippen molar-refractivity contribution in [3.63, 3.8) is 0 Å². The smallest absolute Gasteiger partial charge is 0.242 e. The van der Waals surface area contributed by atoms with Gasteiger partial charge in [0.25, 0.3) is 0 Å². The predicted octanol–water partition coefficient (Wildman–Crippen LogP) is 2.69. The molecule has 0 bridgehead atoms. The van der Waals surface area contributed by atoms with Crippen molar-refractivity contribution in [1.82, 2.24) is 4.90 Å².